The van der Waals surface area contributed by atoms with Crippen molar-refractivity contribution in [2.45, 2.75) is 45.6 Å². The molecule has 0 unspecified atom stereocenters. The van der Waals surface area contributed by atoms with Gasteiger partial charge in [-0.2, -0.15) is 0 Å². The van der Waals surface area contributed by atoms with Gasteiger partial charge in [0.25, 0.3) is 5.91 Å². The number of aromatic nitrogens is 4. The number of carbonyl (C=O) groups is 1. The first-order valence-electron chi connectivity index (χ1n) is 17.9. The highest BCUT2D eigenvalue weighted by Gasteiger charge is 2.24. The Morgan fingerprint density at radius 1 is 0.904 bits per heavy atom. The first-order valence-corrected chi connectivity index (χ1v) is 17.9. The molecule has 1 fully saturated rings. The molecule has 11 heteroatoms. The van der Waals surface area contributed by atoms with E-state index in [1.165, 1.54) is 44.0 Å². The topological polar surface area (TPSA) is 90.7 Å². The number of hydrogen-bond acceptors (Lipinski definition) is 7. The van der Waals surface area contributed by atoms with Gasteiger partial charge < -0.3 is 20.4 Å². The van der Waals surface area contributed by atoms with Crippen molar-refractivity contribution in [1.29, 1.82) is 0 Å². The Hall–Kier alpha value is -5.68. The number of nitrogens with zero attached hydrogens (tertiary/aromatic N) is 6. The molecule has 1 aliphatic rings. The molecule has 3 aromatic carbocycles. The molecular weight excluding hydrogens is 659 g/mol. The van der Waals surface area contributed by atoms with Crippen LogP contribution in [0.1, 0.15) is 49.9 Å². The van der Waals surface area contributed by atoms with Gasteiger partial charge in [0.2, 0.25) is 5.95 Å². The van der Waals surface area contributed by atoms with Gasteiger partial charge in [-0.25, -0.2) is 23.7 Å². The van der Waals surface area contributed by atoms with Crippen molar-refractivity contribution in [2.24, 2.45) is 0 Å². The fraction of sp³-hybridized carbons (Fsp3) is 0.268. The van der Waals surface area contributed by atoms with E-state index in [2.05, 4.69) is 63.5 Å². The average Bonchev–Trinajstić information content (AvgIpc) is 3.57. The molecule has 1 saturated heterocycles. The molecule has 52 heavy (non-hydrogen) atoms. The normalized spacial score (nSPS) is 13.5. The second-order valence-electron chi connectivity index (χ2n) is 13.0. The number of para-hydroxylation sites is 1. The maximum atomic E-state index is 14.3. The lowest BCUT2D eigenvalue weighted by Crippen LogP contribution is -2.45. The second-order valence-corrected chi connectivity index (χ2v) is 13.0. The molecule has 2 N–H and O–H groups in total. The monoisotopic (exact) mass is 700 g/mol. The highest BCUT2D eigenvalue weighted by Crippen LogP contribution is 2.33. The number of nitrogens with one attached hydrogen (secondary N) is 2. The SMILES string of the molecule is CCCCN(CC)C1CCN(c2ccc(Nc3nccc(-c4c(-c5cccc(C(=O)Nc6c(F)cccc6F)c5)nc5ccccn45)n3)cc2)CC1. The molecule has 1 aliphatic heterocycles. The van der Waals surface area contributed by atoms with E-state index in [-0.39, 0.29) is 5.56 Å². The van der Waals surface area contributed by atoms with Gasteiger partial charge in [-0.3, -0.25) is 9.20 Å². The van der Waals surface area contributed by atoms with E-state index in [1.54, 1.807) is 24.4 Å². The minimum Gasteiger partial charge on any atom is -0.371 e. The molecule has 9 nitrogen and oxygen atoms in total. The summed E-state index contributed by atoms with van der Waals surface area (Å²) in [5, 5.41) is 5.72. The third-order valence-corrected chi connectivity index (χ3v) is 9.70. The molecule has 0 aliphatic carbocycles. The molecule has 0 saturated carbocycles. The van der Waals surface area contributed by atoms with Gasteiger partial charge in [0.15, 0.2) is 0 Å². The van der Waals surface area contributed by atoms with Crippen molar-refractivity contribution < 1.29 is 13.6 Å². The minimum absolute atomic E-state index is 0.218. The summed E-state index contributed by atoms with van der Waals surface area (Å²) in [6.07, 6.45) is 8.44. The number of fused-ring (bicyclic) bond motifs is 1. The Kier molecular flexibility index (Phi) is 10.5. The van der Waals surface area contributed by atoms with Crippen molar-refractivity contribution in [3.8, 4) is 22.6 Å². The van der Waals surface area contributed by atoms with Gasteiger partial charge in [-0.1, -0.05) is 44.5 Å². The predicted molar refractivity (Wildman–Crippen MR) is 203 cm³/mol. The van der Waals surface area contributed by atoms with Crippen molar-refractivity contribution in [3.05, 3.63) is 121 Å². The quantitative estimate of drug-likeness (QED) is 0.132. The fourth-order valence-electron chi connectivity index (χ4n) is 6.94. The summed E-state index contributed by atoms with van der Waals surface area (Å²) >= 11 is 0. The van der Waals surface area contributed by atoms with Gasteiger partial charge in [-0.05, 0) is 99.1 Å². The number of halogens is 2. The third kappa shape index (κ3) is 7.50. The van der Waals surface area contributed by atoms with Crippen LogP contribution in [0, 0.1) is 11.6 Å². The summed E-state index contributed by atoms with van der Waals surface area (Å²) in [4.78, 5) is 32.5. The largest absolute Gasteiger partial charge is 0.371 e. The first kappa shape index (κ1) is 34.8. The van der Waals surface area contributed by atoms with Crippen molar-refractivity contribution >= 4 is 34.6 Å². The van der Waals surface area contributed by atoms with Crippen molar-refractivity contribution in [3.63, 3.8) is 0 Å². The zero-order chi connectivity index (χ0) is 36.0. The van der Waals surface area contributed by atoms with E-state index >= 15 is 0 Å². The number of hydrogen-bond donors (Lipinski definition) is 2. The number of anilines is 4. The number of imidazole rings is 1. The molecule has 0 atom stereocenters. The summed E-state index contributed by atoms with van der Waals surface area (Å²) in [5.74, 6) is -1.93. The van der Waals surface area contributed by atoms with E-state index in [4.69, 9.17) is 9.97 Å². The number of rotatable bonds is 12. The predicted octanol–water partition coefficient (Wildman–Crippen LogP) is 8.82. The van der Waals surface area contributed by atoms with Crippen molar-refractivity contribution in [2.75, 3.05) is 41.7 Å². The highest BCUT2D eigenvalue weighted by molar-refractivity contribution is 6.05. The number of carbonyl (C=O) groups excluding carboxylic acids is 1. The molecule has 6 aromatic rings. The zero-order valence-electron chi connectivity index (χ0n) is 29.4. The molecular formula is C41H42F2N8O. The van der Waals surface area contributed by atoms with E-state index < -0.39 is 23.2 Å². The summed E-state index contributed by atoms with van der Waals surface area (Å²) in [6, 6.07) is 26.8. The summed E-state index contributed by atoms with van der Waals surface area (Å²) < 4.78 is 30.5. The number of pyridine rings is 1. The number of unbranched alkanes of at least 4 members (excludes halogenated alkanes) is 1. The molecule has 0 radical (unpaired) electrons. The van der Waals surface area contributed by atoms with Crippen LogP contribution < -0.4 is 15.5 Å². The van der Waals surface area contributed by atoms with Crippen LogP contribution >= 0.6 is 0 Å². The summed E-state index contributed by atoms with van der Waals surface area (Å²) in [7, 11) is 0. The van der Waals surface area contributed by atoms with Gasteiger partial charge in [0.05, 0.1) is 17.1 Å². The first-order chi connectivity index (χ1) is 25.4. The molecule has 3 aromatic heterocycles. The van der Waals surface area contributed by atoms with Crippen LogP contribution in [0.25, 0.3) is 28.3 Å². The zero-order valence-corrected chi connectivity index (χ0v) is 29.4. The van der Waals surface area contributed by atoms with E-state index in [1.807, 2.05) is 40.9 Å². The van der Waals surface area contributed by atoms with Crippen LogP contribution in [0.15, 0.2) is 103 Å². The van der Waals surface area contributed by atoms with Crippen LogP contribution in [0.4, 0.5) is 31.8 Å². The standard InChI is InChI=1S/C41H42F2N8O/c1-3-5-23-49(4-2)32-20-25-50(26-21-32)31-17-15-30(16-18-31)45-41-44-22-19-35(46-41)39-37(47-36-14-6-7-24-51(36)39)28-10-8-11-29(27-28)40(52)48-38-33(42)12-9-13-34(38)43/h6-19,22,24,27,32H,3-5,20-21,23,25-26H2,1-2H3,(H,48,52)(H,44,45,46). The van der Waals surface area contributed by atoms with Crippen molar-refractivity contribution in [1.82, 2.24) is 24.3 Å². The maximum Gasteiger partial charge on any atom is 0.255 e. The van der Waals surface area contributed by atoms with E-state index in [0.29, 0.717) is 40.3 Å². The van der Waals surface area contributed by atoms with Gasteiger partial charge in [0.1, 0.15) is 23.0 Å². The molecule has 0 bridgehead atoms. The Bertz CT molecular complexity index is 2140. The number of piperidine rings is 1. The lowest BCUT2D eigenvalue weighted by atomic mass is 10.0. The summed E-state index contributed by atoms with van der Waals surface area (Å²) in [5.41, 5.74) is 5.03. The molecule has 4 heterocycles. The lowest BCUT2D eigenvalue weighted by molar-refractivity contribution is 0.102. The summed E-state index contributed by atoms with van der Waals surface area (Å²) in [6.45, 7) is 8.92. The second kappa shape index (κ2) is 15.7. The molecule has 266 valence electrons. The Labute approximate surface area is 302 Å². The fourth-order valence-corrected chi connectivity index (χ4v) is 6.94. The Balaban J connectivity index is 1.10. The average molecular weight is 701 g/mol. The maximum absolute atomic E-state index is 14.3. The van der Waals surface area contributed by atoms with Crippen LogP contribution in [0.5, 0.6) is 0 Å². The van der Waals surface area contributed by atoms with E-state index in [0.717, 1.165) is 37.5 Å². The minimum atomic E-state index is -0.854. The third-order valence-electron chi connectivity index (χ3n) is 9.70. The van der Waals surface area contributed by atoms with Gasteiger partial charge >= 0.3 is 0 Å². The molecule has 0 spiro atoms. The van der Waals surface area contributed by atoms with Gasteiger partial charge in [0, 0.05) is 54.0 Å². The van der Waals surface area contributed by atoms with Crippen LogP contribution in [0.3, 0.4) is 0 Å². The number of amides is 1. The lowest BCUT2D eigenvalue weighted by Gasteiger charge is -2.39. The molecule has 7 rings (SSSR count). The smallest absolute Gasteiger partial charge is 0.255 e. The Morgan fingerprint density at radius 2 is 1.67 bits per heavy atom. The van der Waals surface area contributed by atoms with Crippen LogP contribution in [-0.2, 0) is 0 Å². The Morgan fingerprint density at radius 3 is 2.42 bits per heavy atom. The molecule has 1 amide bonds. The van der Waals surface area contributed by atoms with Crippen LogP contribution in [0.2, 0.25) is 0 Å². The van der Waals surface area contributed by atoms with E-state index in [9.17, 15) is 13.6 Å². The number of benzene rings is 3. The highest BCUT2D eigenvalue weighted by atomic mass is 19.1. The van der Waals surface area contributed by atoms with Gasteiger partial charge in [-0.15, -0.1) is 0 Å². The van der Waals surface area contributed by atoms with Crippen LogP contribution in [-0.4, -0.2) is 62.4 Å².